The van der Waals surface area contributed by atoms with Crippen molar-refractivity contribution in [1.82, 2.24) is 4.98 Å². The minimum Gasteiger partial charge on any atom is -0.341 e. The summed E-state index contributed by atoms with van der Waals surface area (Å²) < 4.78 is 0.601. The molecule has 0 atom stereocenters. The van der Waals surface area contributed by atoms with Gasteiger partial charge in [-0.1, -0.05) is 35.6 Å². The van der Waals surface area contributed by atoms with Crippen LogP contribution in [0.5, 0.6) is 0 Å². The van der Waals surface area contributed by atoms with Crippen molar-refractivity contribution in [1.29, 1.82) is 0 Å². The first-order chi connectivity index (χ1) is 11.4. The molecule has 0 spiro atoms. The van der Waals surface area contributed by atoms with Crippen LogP contribution in [-0.2, 0) is 0 Å². The van der Waals surface area contributed by atoms with Crippen LogP contribution in [-0.4, -0.2) is 21.0 Å². The van der Waals surface area contributed by atoms with Crippen LogP contribution in [0.3, 0.4) is 0 Å². The molecule has 0 amide bonds. The molecule has 1 heterocycles. The minimum atomic E-state index is -0.0804. The normalized spacial score (nSPS) is 10.3. The van der Waals surface area contributed by atoms with Crippen molar-refractivity contribution >= 4 is 57.1 Å². The van der Waals surface area contributed by atoms with Gasteiger partial charge in [0, 0.05) is 17.6 Å². The second-order valence-electron chi connectivity index (χ2n) is 5.07. The number of benzene rings is 1. The number of aromatic nitrogens is 1. The predicted octanol–water partition coefficient (Wildman–Crippen LogP) is 4.01. The monoisotopic (exact) mass is 380 g/mol. The predicted molar refractivity (Wildman–Crippen MR) is 106 cm³/mol. The fraction of sp³-hybridized carbons (Fsp3) is 0.188. The van der Waals surface area contributed by atoms with E-state index in [0.29, 0.717) is 26.6 Å². The van der Waals surface area contributed by atoms with E-state index < -0.39 is 0 Å². The number of rotatable bonds is 5. The van der Waals surface area contributed by atoms with E-state index in [2.05, 4.69) is 10.3 Å². The Morgan fingerprint density at radius 3 is 2.75 bits per heavy atom. The van der Waals surface area contributed by atoms with Crippen LogP contribution in [0.2, 0.25) is 5.02 Å². The van der Waals surface area contributed by atoms with Crippen LogP contribution >= 0.6 is 35.6 Å². The average molecular weight is 381 g/mol. The first-order valence-electron chi connectivity index (χ1n) is 7.06. The number of thioether (sulfide) groups is 1. The lowest BCUT2D eigenvalue weighted by molar-refractivity contribution is 0.101. The molecule has 0 bridgehead atoms. The number of carbonyl (C=O) groups is 1. The molecular formula is C16H17ClN4OS2. The number of hydrogen-bond donors (Lipinski definition) is 2. The number of carbonyl (C=O) groups excluding carboxylic acids is 1. The molecule has 0 saturated heterocycles. The van der Waals surface area contributed by atoms with Gasteiger partial charge in [0.1, 0.15) is 10.0 Å². The van der Waals surface area contributed by atoms with E-state index >= 15 is 0 Å². The average Bonchev–Trinajstić information content (AvgIpc) is 2.55. The van der Waals surface area contributed by atoms with Gasteiger partial charge >= 0.3 is 0 Å². The molecule has 0 fully saturated rings. The molecule has 0 aliphatic rings. The number of hydrazine groups is 1. The fourth-order valence-electron chi connectivity index (χ4n) is 1.88. The molecule has 0 aliphatic carbocycles. The van der Waals surface area contributed by atoms with Crippen molar-refractivity contribution in [3.8, 4) is 0 Å². The summed E-state index contributed by atoms with van der Waals surface area (Å²) in [5.74, 6) is 6.36. The zero-order valence-corrected chi connectivity index (χ0v) is 15.6. The van der Waals surface area contributed by atoms with E-state index in [1.165, 1.54) is 23.7 Å². The zero-order valence-electron chi connectivity index (χ0n) is 13.2. The van der Waals surface area contributed by atoms with E-state index in [4.69, 9.17) is 29.7 Å². The SMILES string of the molecule is CC(=O)c1ccc(N(N)CSC(=S)Nc2ccc(Cl)cc2C)cn1. The van der Waals surface area contributed by atoms with Crippen molar-refractivity contribution in [2.24, 2.45) is 5.84 Å². The van der Waals surface area contributed by atoms with Gasteiger partial charge in [-0.25, -0.2) is 5.84 Å². The first-order valence-corrected chi connectivity index (χ1v) is 8.83. The van der Waals surface area contributed by atoms with E-state index in [-0.39, 0.29) is 5.78 Å². The zero-order chi connectivity index (χ0) is 17.7. The van der Waals surface area contributed by atoms with Crippen molar-refractivity contribution < 1.29 is 4.79 Å². The summed E-state index contributed by atoms with van der Waals surface area (Å²) in [6, 6.07) is 8.96. The Hall–Kier alpha value is -1.67. The molecule has 2 aromatic rings. The van der Waals surface area contributed by atoms with Gasteiger partial charge in [0.2, 0.25) is 0 Å². The van der Waals surface area contributed by atoms with Gasteiger partial charge in [0.05, 0.1) is 17.8 Å². The Morgan fingerprint density at radius 2 is 2.17 bits per heavy atom. The standard InChI is InChI=1S/C16H17ClN4OS2/c1-10-7-12(17)3-5-14(10)20-16(23)24-9-21(18)13-4-6-15(11(2)22)19-8-13/h3-8H,9,18H2,1-2H3,(H,20,23). The first kappa shape index (κ1) is 18.7. The number of nitrogens with one attached hydrogen (secondary N) is 1. The fourth-order valence-corrected chi connectivity index (χ4v) is 2.96. The van der Waals surface area contributed by atoms with Gasteiger partial charge in [-0.3, -0.25) is 14.8 Å². The van der Waals surface area contributed by atoms with E-state index in [1.54, 1.807) is 18.3 Å². The maximum absolute atomic E-state index is 11.2. The van der Waals surface area contributed by atoms with Crippen LogP contribution < -0.4 is 16.2 Å². The molecule has 0 unspecified atom stereocenters. The van der Waals surface area contributed by atoms with Gasteiger partial charge in [-0.15, -0.1) is 0 Å². The molecule has 1 aromatic heterocycles. The van der Waals surface area contributed by atoms with E-state index in [9.17, 15) is 4.79 Å². The lowest BCUT2D eigenvalue weighted by Crippen LogP contribution is -2.31. The van der Waals surface area contributed by atoms with Gasteiger partial charge in [-0.05, 0) is 42.8 Å². The number of Topliss-reactive ketones (excluding diaryl/α,β-unsaturated/α-hetero) is 1. The summed E-state index contributed by atoms with van der Waals surface area (Å²) >= 11 is 12.7. The number of ketones is 1. The lowest BCUT2D eigenvalue weighted by atomic mass is 10.2. The van der Waals surface area contributed by atoms with E-state index in [1.807, 2.05) is 25.1 Å². The van der Waals surface area contributed by atoms with Crippen LogP contribution in [0.1, 0.15) is 23.0 Å². The van der Waals surface area contributed by atoms with Crippen molar-refractivity contribution in [3.05, 3.63) is 52.8 Å². The topological polar surface area (TPSA) is 71.2 Å². The third kappa shape index (κ3) is 5.17. The Bertz CT molecular complexity index is 752. The maximum atomic E-state index is 11.2. The van der Waals surface area contributed by atoms with Gasteiger partial charge < -0.3 is 5.32 Å². The van der Waals surface area contributed by atoms with Crippen LogP contribution in [0.25, 0.3) is 0 Å². The molecule has 126 valence electrons. The smallest absolute Gasteiger partial charge is 0.178 e. The highest BCUT2D eigenvalue weighted by molar-refractivity contribution is 8.23. The molecular weight excluding hydrogens is 364 g/mol. The quantitative estimate of drug-likeness (QED) is 0.267. The molecule has 5 nitrogen and oxygen atoms in total. The molecule has 0 aliphatic heterocycles. The summed E-state index contributed by atoms with van der Waals surface area (Å²) in [7, 11) is 0. The third-order valence-corrected chi connectivity index (χ3v) is 4.66. The molecule has 8 heteroatoms. The Labute approximate surface area is 155 Å². The number of thiocarbonyl (C=S) groups is 1. The summed E-state index contributed by atoms with van der Waals surface area (Å²) in [6.45, 7) is 3.43. The van der Waals surface area contributed by atoms with Crippen LogP contribution in [0, 0.1) is 6.92 Å². The lowest BCUT2D eigenvalue weighted by Gasteiger charge is -2.18. The van der Waals surface area contributed by atoms with Crippen molar-refractivity contribution in [2.45, 2.75) is 13.8 Å². The number of pyridine rings is 1. The van der Waals surface area contributed by atoms with Gasteiger partial charge in [0.15, 0.2) is 5.78 Å². The van der Waals surface area contributed by atoms with Crippen molar-refractivity contribution in [3.63, 3.8) is 0 Å². The molecule has 24 heavy (non-hydrogen) atoms. The number of hydrogen-bond acceptors (Lipinski definition) is 6. The number of anilines is 2. The molecule has 3 N–H and O–H groups in total. The van der Waals surface area contributed by atoms with Crippen LogP contribution in [0.4, 0.5) is 11.4 Å². The number of nitrogens with zero attached hydrogens (tertiary/aromatic N) is 2. The number of nitrogens with two attached hydrogens (primary N) is 1. The number of aryl methyl sites for hydroxylation is 1. The van der Waals surface area contributed by atoms with Crippen molar-refractivity contribution in [2.75, 3.05) is 16.2 Å². The second-order valence-corrected chi connectivity index (χ2v) is 7.13. The highest BCUT2D eigenvalue weighted by Crippen LogP contribution is 2.22. The summed E-state index contributed by atoms with van der Waals surface area (Å²) in [4.78, 5) is 15.3. The molecule has 0 radical (unpaired) electrons. The summed E-state index contributed by atoms with van der Waals surface area (Å²) in [6.07, 6.45) is 1.57. The Balaban J connectivity index is 1.89. The highest BCUT2D eigenvalue weighted by Gasteiger charge is 2.08. The Kier molecular flexibility index (Phi) is 6.56. The number of halogens is 1. The molecule has 2 rings (SSSR count). The minimum absolute atomic E-state index is 0.0804. The largest absolute Gasteiger partial charge is 0.341 e. The van der Waals surface area contributed by atoms with Crippen LogP contribution in [0.15, 0.2) is 36.5 Å². The highest BCUT2D eigenvalue weighted by atomic mass is 35.5. The second kappa shape index (κ2) is 8.43. The van der Waals surface area contributed by atoms with Gasteiger partial charge in [-0.2, -0.15) is 0 Å². The van der Waals surface area contributed by atoms with Gasteiger partial charge in [0.25, 0.3) is 0 Å². The Morgan fingerprint density at radius 1 is 1.42 bits per heavy atom. The third-order valence-electron chi connectivity index (χ3n) is 3.20. The molecule has 0 saturated carbocycles. The summed E-state index contributed by atoms with van der Waals surface area (Å²) in [5, 5.41) is 5.37. The summed E-state index contributed by atoms with van der Waals surface area (Å²) in [5.41, 5.74) is 3.04. The van der Waals surface area contributed by atoms with E-state index in [0.717, 1.165) is 11.3 Å². The molecule has 1 aromatic carbocycles. The maximum Gasteiger partial charge on any atom is 0.178 e.